The summed E-state index contributed by atoms with van der Waals surface area (Å²) in [5.74, 6) is -3.13. The lowest BCUT2D eigenvalue weighted by Gasteiger charge is -2.17. The molecule has 0 aromatic rings. The first-order chi connectivity index (χ1) is 3.98. The zero-order valence-corrected chi connectivity index (χ0v) is 6.04. The molecule has 1 atom stereocenters. The van der Waals surface area contributed by atoms with Gasteiger partial charge in [0.05, 0.1) is 0 Å². The first kappa shape index (κ1) is 8.82. The summed E-state index contributed by atoms with van der Waals surface area (Å²) in [5.41, 5.74) is 0. The minimum Gasteiger partial charge on any atom is -0.319 e. The number of hydrogen-bond donors (Lipinski definition) is 1. The highest BCUT2D eigenvalue weighted by Gasteiger charge is 2.28. The Kier molecular flexibility index (Phi) is 3.04. The summed E-state index contributed by atoms with van der Waals surface area (Å²) in [5, 5.41) is 2.69. The molecule has 1 unspecified atom stereocenters. The molecule has 0 spiro atoms. The summed E-state index contributed by atoms with van der Waals surface area (Å²) in [7, 11) is 1.67. The lowest BCUT2D eigenvalue weighted by molar-refractivity contribution is -0.0309. The molecule has 0 radical (unpaired) electrons. The van der Waals surface area contributed by atoms with E-state index in [0.29, 0.717) is 6.54 Å². The third kappa shape index (κ3) is 3.40. The fourth-order valence-corrected chi connectivity index (χ4v) is 0.485. The minimum atomic E-state index is -2.55. The Morgan fingerprint density at radius 3 is 2.11 bits per heavy atom. The molecule has 3 heteroatoms. The van der Waals surface area contributed by atoms with Crippen molar-refractivity contribution >= 4 is 0 Å². The van der Waals surface area contributed by atoms with E-state index in [0.717, 1.165) is 6.92 Å². The Labute approximate surface area is 54.4 Å². The van der Waals surface area contributed by atoms with E-state index in [9.17, 15) is 8.78 Å². The maximum atomic E-state index is 12.3. The lowest BCUT2D eigenvalue weighted by Crippen LogP contribution is -2.30. The topological polar surface area (TPSA) is 12.0 Å². The monoisotopic (exact) mass is 137 g/mol. The van der Waals surface area contributed by atoms with Crippen LogP contribution >= 0.6 is 0 Å². The van der Waals surface area contributed by atoms with Crippen LogP contribution in [0.15, 0.2) is 0 Å². The van der Waals surface area contributed by atoms with Gasteiger partial charge in [-0.1, -0.05) is 6.92 Å². The maximum Gasteiger partial charge on any atom is 0.249 e. The van der Waals surface area contributed by atoms with Crippen LogP contribution in [0.5, 0.6) is 0 Å². The lowest BCUT2D eigenvalue weighted by atomic mass is 10.1. The number of rotatable bonds is 3. The number of halogens is 2. The van der Waals surface area contributed by atoms with Crippen molar-refractivity contribution in [2.75, 3.05) is 13.6 Å². The average Bonchev–Trinajstić information content (AvgIpc) is 1.64. The SMILES string of the molecule is CNCC(C)C(C)(F)F. The van der Waals surface area contributed by atoms with Gasteiger partial charge in [0.25, 0.3) is 0 Å². The van der Waals surface area contributed by atoms with Gasteiger partial charge in [0.15, 0.2) is 0 Å². The van der Waals surface area contributed by atoms with Crippen molar-refractivity contribution in [2.24, 2.45) is 5.92 Å². The molecule has 0 aliphatic carbocycles. The van der Waals surface area contributed by atoms with Crippen molar-refractivity contribution in [1.82, 2.24) is 5.32 Å². The molecule has 9 heavy (non-hydrogen) atoms. The van der Waals surface area contributed by atoms with Crippen LogP contribution in [-0.2, 0) is 0 Å². The molecule has 0 bridgehead atoms. The van der Waals surface area contributed by atoms with Crippen LogP contribution in [0, 0.1) is 5.92 Å². The molecule has 0 rings (SSSR count). The summed E-state index contributed by atoms with van der Waals surface area (Å²) in [6, 6.07) is 0. The zero-order valence-electron chi connectivity index (χ0n) is 6.04. The van der Waals surface area contributed by atoms with Gasteiger partial charge in [-0.05, 0) is 14.0 Å². The van der Waals surface area contributed by atoms with Gasteiger partial charge in [-0.25, -0.2) is 8.78 Å². The van der Waals surface area contributed by atoms with Gasteiger partial charge in [-0.3, -0.25) is 0 Å². The second-order valence-corrected chi connectivity index (χ2v) is 2.42. The minimum absolute atomic E-state index is 0.365. The number of nitrogens with one attached hydrogen (secondary N) is 1. The molecule has 0 saturated carbocycles. The molecule has 0 amide bonds. The Morgan fingerprint density at radius 1 is 1.56 bits per heavy atom. The molecule has 0 fully saturated rings. The van der Waals surface area contributed by atoms with Crippen LogP contribution in [0.2, 0.25) is 0 Å². The largest absolute Gasteiger partial charge is 0.319 e. The van der Waals surface area contributed by atoms with E-state index >= 15 is 0 Å². The molecule has 1 nitrogen and oxygen atoms in total. The van der Waals surface area contributed by atoms with Crippen molar-refractivity contribution < 1.29 is 8.78 Å². The summed E-state index contributed by atoms with van der Waals surface area (Å²) in [6.45, 7) is 2.83. The highest BCUT2D eigenvalue weighted by atomic mass is 19.3. The van der Waals surface area contributed by atoms with E-state index < -0.39 is 11.8 Å². The molecule has 0 aromatic heterocycles. The molecule has 0 aromatic carbocycles. The number of hydrogen-bond acceptors (Lipinski definition) is 1. The Morgan fingerprint density at radius 2 is 2.00 bits per heavy atom. The van der Waals surface area contributed by atoms with Gasteiger partial charge in [-0.2, -0.15) is 0 Å². The summed E-state index contributed by atoms with van der Waals surface area (Å²) in [6.07, 6.45) is 0. The smallest absolute Gasteiger partial charge is 0.249 e. The van der Waals surface area contributed by atoms with Crippen molar-refractivity contribution in [2.45, 2.75) is 19.8 Å². The maximum absolute atomic E-state index is 12.3. The predicted molar refractivity (Wildman–Crippen MR) is 33.7 cm³/mol. The molecular weight excluding hydrogens is 124 g/mol. The fraction of sp³-hybridized carbons (Fsp3) is 1.00. The van der Waals surface area contributed by atoms with Crippen LogP contribution in [0.3, 0.4) is 0 Å². The second kappa shape index (κ2) is 3.11. The van der Waals surface area contributed by atoms with Gasteiger partial charge in [0.2, 0.25) is 5.92 Å². The molecule has 56 valence electrons. The highest BCUT2D eigenvalue weighted by molar-refractivity contribution is 4.68. The molecule has 1 N–H and O–H groups in total. The van der Waals surface area contributed by atoms with E-state index in [1.807, 2.05) is 0 Å². The van der Waals surface area contributed by atoms with Crippen LogP contribution < -0.4 is 5.32 Å². The van der Waals surface area contributed by atoms with Gasteiger partial charge in [0.1, 0.15) is 0 Å². The Balaban J connectivity index is 3.59. The van der Waals surface area contributed by atoms with Crippen LogP contribution in [0.4, 0.5) is 8.78 Å². The predicted octanol–water partition coefficient (Wildman–Crippen LogP) is 1.50. The highest BCUT2D eigenvalue weighted by Crippen LogP contribution is 2.21. The molecule has 0 aliphatic rings. The van der Waals surface area contributed by atoms with Gasteiger partial charge < -0.3 is 5.32 Å². The van der Waals surface area contributed by atoms with E-state index in [1.54, 1.807) is 7.05 Å². The van der Waals surface area contributed by atoms with Gasteiger partial charge in [0, 0.05) is 12.5 Å². The second-order valence-electron chi connectivity index (χ2n) is 2.42. The average molecular weight is 137 g/mol. The molecular formula is C6H13F2N. The third-order valence-corrected chi connectivity index (χ3v) is 1.38. The quantitative estimate of drug-likeness (QED) is 0.621. The number of alkyl halides is 2. The fourth-order valence-electron chi connectivity index (χ4n) is 0.485. The normalized spacial score (nSPS) is 15.7. The molecule has 0 aliphatic heterocycles. The summed E-state index contributed by atoms with van der Waals surface area (Å²) in [4.78, 5) is 0. The van der Waals surface area contributed by atoms with Crippen molar-refractivity contribution in [3.8, 4) is 0 Å². The molecule has 0 saturated heterocycles. The standard InChI is InChI=1S/C6H13F2N/c1-5(4-9-3)6(2,7)8/h5,9H,4H2,1-3H3. The summed E-state index contributed by atoms with van der Waals surface area (Å²) < 4.78 is 24.5. The Bertz CT molecular complexity index is 77.6. The van der Waals surface area contributed by atoms with E-state index in [2.05, 4.69) is 5.32 Å². The van der Waals surface area contributed by atoms with Gasteiger partial charge >= 0.3 is 0 Å². The van der Waals surface area contributed by atoms with Crippen molar-refractivity contribution in [1.29, 1.82) is 0 Å². The first-order valence-electron chi connectivity index (χ1n) is 3.01. The van der Waals surface area contributed by atoms with E-state index in [1.165, 1.54) is 6.92 Å². The van der Waals surface area contributed by atoms with E-state index in [-0.39, 0.29) is 0 Å². The summed E-state index contributed by atoms with van der Waals surface area (Å²) >= 11 is 0. The first-order valence-corrected chi connectivity index (χ1v) is 3.01. The van der Waals surface area contributed by atoms with Crippen LogP contribution in [-0.4, -0.2) is 19.5 Å². The third-order valence-electron chi connectivity index (χ3n) is 1.38. The van der Waals surface area contributed by atoms with Crippen LogP contribution in [0.25, 0.3) is 0 Å². The van der Waals surface area contributed by atoms with Crippen molar-refractivity contribution in [3.63, 3.8) is 0 Å². The molecule has 0 heterocycles. The van der Waals surface area contributed by atoms with Gasteiger partial charge in [-0.15, -0.1) is 0 Å². The zero-order chi connectivity index (χ0) is 7.49. The van der Waals surface area contributed by atoms with Crippen LogP contribution in [0.1, 0.15) is 13.8 Å². The Hall–Kier alpha value is -0.180. The van der Waals surface area contributed by atoms with Crippen molar-refractivity contribution in [3.05, 3.63) is 0 Å². The van der Waals surface area contributed by atoms with E-state index in [4.69, 9.17) is 0 Å².